The van der Waals surface area contributed by atoms with Gasteiger partial charge >= 0.3 is 0 Å². The Kier molecular flexibility index (Phi) is 8.11. The van der Waals surface area contributed by atoms with Crippen molar-refractivity contribution < 1.29 is 9.90 Å². The van der Waals surface area contributed by atoms with Gasteiger partial charge in [-0.25, -0.2) is 0 Å². The van der Waals surface area contributed by atoms with Gasteiger partial charge in [-0.15, -0.1) is 11.8 Å². The van der Waals surface area contributed by atoms with Crippen LogP contribution in [0.1, 0.15) is 19.8 Å². The van der Waals surface area contributed by atoms with Crippen LogP contribution in [-0.2, 0) is 4.79 Å². The Bertz CT molecular complexity index is 396. The van der Waals surface area contributed by atoms with Gasteiger partial charge in [-0.2, -0.15) is 11.8 Å². The smallest absolute Gasteiger partial charge is 0.220 e. The van der Waals surface area contributed by atoms with Gasteiger partial charge in [-0.3, -0.25) is 4.79 Å². The molecule has 0 saturated carbocycles. The van der Waals surface area contributed by atoms with Crippen LogP contribution in [0.25, 0.3) is 0 Å². The van der Waals surface area contributed by atoms with Crippen LogP contribution in [0.5, 0.6) is 0 Å². The summed E-state index contributed by atoms with van der Waals surface area (Å²) in [4.78, 5) is 12.9. The monoisotopic (exact) mass is 313 g/mol. The third-order valence-electron chi connectivity index (χ3n) is 2.85. The quantitative estimate of drug-likeness (QED) is 0.688. The summed E-state index contributed by atoms with van der Waals surface area (Å²) in [5, 5.41) is 12.9. The lowest BCUT2D eigenvalue weighted by Gasteiger charge is -2.23. The first-order valence-electron chi connectivity index (χ1n) is 6.69. The number of benzene rings is 1. The highest BCUT2D eigenvalue weighted by atomic mass is 32.2. The molecule has 1 rings (SSSR count). The predicted octanol–water partition coefficient (Wildman–Crippen LogP) is 2.79. The Morgan fingerprint density at radius 3 is 2.65 bits per heavy atom. The first-order valence-corrected chi connectivity index (χ1v) is 9.07. The second-order valence-corrected chi connectivity index (χ2v) is 7.08. The maximum absolute atomic E-state index is 11.7. The molecule has 0 aliphatic heterocycles. The van der Waals surface area contributed by atoms with Gasteiger partial charge in [0.2, 0.25) is 5.91 Å². The van der Waals surface area contributed by atoms with E-state index in [1.54, 1.807) is 30.4 Å². The van der Waals surface area contributed by atoms with Crippen molar-refractivity contribution in [3.05, 3.63) is 30.3 Å². The molecule has 0 aliphatic carbocycles. The predicted molar refractivity (Wildman–Crippen MR) is 88.4 cm³/mol. The molecule has 0 saturated heterocycles. The molecule has 0 aliphatic rings. The SMILES string of the molecule is CSCCC(C)(O)CNC(=O)CCSc1ccccc1. The number of hydrogen-bond donors (Lipinski definition) is 2. The van der Waals surface area contributed by atoms with Gasteiger partial charge in [0.15, 0.2) is 0 Å². The maximum atomic E-state index is 11.7. The molecular formula is C15H23NO2S2. The highest BCUT2D eigenvalue weighted by molar-refractivity contribution is 7.99. The van der Waals surface area contributed by atoms with Gasteiger partial charge in [-0.1, -0.05) is 18.2 Å². The number of amides is 1. The summed E-state index contributed by atoms with van der Waals surface area (Å²) in [6.45, 7) is 2.09. The highest BCUT2D eigenvalue weighted by Crippen LogP contribution is 2.17. The van der Waals surface area contributed by atoms with Gasteiger partial charge in [0.05, 0.1) is 5.60 Å². The lowest BCUT2D eigenvalue weighted by Crippen LogP contribution is -2.41. The topological polar surface area (TPSA) is 49.3 Å². The lowest BCUT2D eigenvalue weighted by molar-refractivity contribution is -0.121. The van der Waals surface area contributed by atoms with Crippen molar-refractivity contribution in [2.45, 2.75) is 30.3 Å². The summed E-state index contributed by atoms with van der Waals surface area (Å²) in [5.74, 6) is 1.65. The van der Waals surface area contributed by atoms with Crippen molar-refractivity contribution in [2.24, 2.45) is 0 Å². The summed E-state index contributed by atoms with van der Waals surface area (Å²) in [6.07, 6.45) is 3.17. The Hall–Kier alpha value is -0.650. The third-order valence-corrected chi connectivity index (χ3v) is 4.48. The van der Waals surface area contributed by atoms with E-state index in [1.165, 1.54) is 4.90 Å². The standard InChI is InChI=1S/C15H23NO2S2/c1-15(18,9-11-19-2)12-16-14(17)8-10-20-13-6-4-3-5-7-13/h3-7,18H,8-12H2,1-2H3,(H,16,17). The van der Waals surface area contributed by atoms with Crippen molar-refractivity contribution >= 4 is 29.4 Å². The van der Waals surface area contributed by atoms with Crippen LogP contribution in [0.3, 0.4) is 0 Å². The molecule has 2 N–H and O–H groups in total. The van der Waals surface area contributed by atoms with Crippen molar-refractivity contribution in [3.63, 3.8) is 0 Å². The number of nitrogens with one attached hydrogen (secondary N) is 1. The van der Waals surface area contributed by atoms with E-state index in [0.29, 0.717) is 19.4 Å². The molecule has 5 heteroatoms. The average molecular weight is 313 g/mol. The number of carbonyl (C=O) groups excluding carboxylic acids is 1. The second kappa shape index (κ2) is 9.32. The number of carbonyl (C=O) groups is 1. The van der Waals surface area contributed by atoms with E-state index in [9.17, 15) is 9.90 Å². The molecule has 1 aromatic rings. The molecule has 112 valence electrons. The number of thioether (sulfide) groups is 2. The Morgan fingerprint density at radius 2 is 2.00 bits per heavy atom. The van der Waals surface area contributed by atoms with Crippen molar-refractivity contribution in [1.82, 2.24) is 5.32 Å². The molecule has 1 atom stereocenters. The van der Waals surface area contributed by atoms with Crippen LogP contribution in [0, 0.1) is 0 Å². The number of rotatable bonds is 9. The van der Waals surface area contributed by atoms with Crippen LogP contribution in [0.15, 0.2) is 35.2 Å². The second-order valence-electron chi connectivity index (χ2n) is 4.93. The number of aliphatic hydroxyl groups is 1. The van der Waals surface area contributed by atoms with E-state index < -0.39 is 5.60 Å². The van der Waals surface area contributed by atoms with E-state index in [2.05, 4.69) is 5.32 Å². The zero-order valence-corrected chi connectivity index (χ0v) is 13.7. The molecule has 0 bridgehead atoms. The molecule has 1 amide bonds. The van der Waals surface area contributed by atoms with E-state index in [1.807, 2.05) is 36.6 Å². The molecular weight excluding hydrogens is 290 g/mol. The Labute approximate surface area is 129 Å². The normalized spacial score (nSPS) is 13.8. The van der Waals surface area contributed by atoms with Gasteiger partial charge in [0.25, 0.3) is 0 Å². The van der Waals surface area contributed by atoms with E-state index >= 15 is 0 Å². The van der Waals surface area contributed by atoms with Crippen molar-refractivity contribution in [2.75, 3.05) is 24.3 Å². The Balaban J connectivity index is 2.17. The summed E-state index contributed by atoms with van der Waals surface area (Å²) in [6, 6.07) is 10.0. The van der Waals surface area contributed by atoms with Crippen LogP contribution in [0.2, 0.25) is 0 Å². The van der Waals surface area contributed by atoms with Crippen LogP contribution in [0.4, 0.5) is 0 Å². The Morgan fingerprint density at radius 1 is 1.30 bits per heavy atom. The molecule has 0 fully saturated rings. The molecule has 0 spiro atoms. The maximum Gasteiger partial charge on any atom is 0.220 e. The highest BCUT2D eigenvalue weighted by Gasteiger charge is 2.20. The molecule has 0 radical (unpaired) electrons. The molecule has 3 nitrogen and oxygen atoms in total. The molecule has 20 heavy (non-hydrogen) atoms. The number of hydrogen-bond acceptors (Lipinski definition) is 4. The minimum atomic E-state index is -0.814. The van der Waals surface area contributed by atoms with Crippen LogP contribution < -0.4 is 5.32 Å². The first-order chi connectivity index (χ1) is 9.53. The summed E-state index contributed by atoms with van der Waals surface area (Å²) in [7, 11) is 0. The van der Waals surface area contributed by atoms with Gasteiger partial charge < -0.3 is 10.4 Å². The minimum Gasteiger partial charge on any atom is -0.388 e. The molecule has 0 heterocycles. The van der Waals surface area contributed by atoms with E-state index in [4.69, 9.17) is 0 Å². The lowest BCUT2D eigenvalue weighted by atomic mass is 10.0. The summed E-state index contributed by atoms with van der Waals surface area (Å²) >= 11 is 3.37. The van der Waals surface area contributed by atoms with Gasteiger partial charge in [0.1, 0.15) is 0 Å². The van der Waals surface area contributed by atoms with Gasteiger partial charge in [0, 0.05) is 23.6 Å². The first kappa shape index (κ1) is 17.4. The summed E-state index contributed by atoms with van der Waals surface area (Å²) < 4.78 is 0. The van der Waals surface area contributed by atoms with E-state index in [0.717, 1.165) is 11.5 Å². The third kappa shape index (κ3) is 7.82. The molecule has 1 unspecified atom stereocenters. The van der Waals surface area contributed by atoms with Crippen LogP contribution in [-0.4, -0.2) is 40.9 Å². The minimum absolute atomic E-state index is 0.00198. The molecule has 1 aromatic carbocycles. The zero-order valence-electron chi connectivity index (χ0n) is 12.1. The molecule has 0 aromatic heterocycles. The fourth-order valence-corrected chi connectivity index (χ4v) is 3.08. The zero-order chi connectivity index (χ0) is 14.8. The van der Waals surface area contributed by atoms with Crippen molar-refractivity contribution in [3.8, 4) is 0 Å². The van der Waals surface area contributed by atoms with E-state index in [-0.39, 0.29) is 5.91 Å². The fourth-order valence-electron chi connectivity index (χ4n) is 1.57. The van der Waals surface area contributed by atoms with Gasteiger partial charge in [-0.05, 0) is 37.5 Å². The summed E-state index contributed by atoms with van der Waals surface area (Å²) in [5.41, 5.74) is -0.814. The largest absolute Gasteiger partial charge is 0.388 e. The fraction of sp³-hybridized carbons (Fsp3) is 0.533. The average Bonchev–Trinajstić information content (AvgIpc) is 2.44. The van der Waals surface area contributed by atoms with Crippen LogP contribution >= 0.6 is 23.5 Å². The van der Waals surface area contributed by atoms with Crippen molar-refractivity contribution in [1.29, 1.82) is 0 Å².